The quantitative estimate of drug-likeness (QED) is 0.184. The highest BCUT2D eigenvalue weighted by Gasteiger charge is 2.36. The van der Waals surface area contributed by atoms with E-state index in [1.165, 1.54) is 33.4 Å². The van der Waals surface area contributed by atoms with Gasteiger partial charge in [-0.25, -0.2) is 0 Å². The number of carbonyl (C=O) groups excluding carboxylic acids is 2. The minimum absolute atomic E-state index is 0.0184. The van der Waals surface area contributed by atoms with E-state index in [0.717, 1.165) is 82.2 Å². The first kappa shape index (κ1) is 43.5. The third-order valence-electron chi connectivity index (χ3n) is 11.8. The second-order valence-corrected chi connectivity index (χ2v) is 18.5. The molecule has 2 aromatic carbocycles. The second-order valence-electron chi connectivity index (χ2n) is 15.4. The molecule has 2 unspecified atom stereocenters. The Balaban J connectivity index is 0.000000177. The molecule has 58 heavy (non-hydrogen) atoms. The summed E-state index contributed by atoms with van der Waals surface area (Å²) in [4.78, 5) is 43.2. The number of carbonyl (C=O) groups is 2. The zero-order chi connectivity index (χ0) is 41.1. The molecule has 2 aliphatic heterocycles. The SMILES string of the molecule is CC[C@H](N)C(=O)N1CCN(C2c3ccc(Cl)cc3CCc3cc(Br)cnc32)CC1.N[C@@H](CS)C(=O)N1CCN(C2c3ccc(Cl)cc3CCc3cc(Br)cnc32)CC1. The van der Waals surface area contributed by atoms with E-state index in [1.54, 1.807) is 0 Å². The third-order valence-corrected chi connectivity index (χ3v) is 13.6. The highest BCUT2D eigenvalue weighted by molar-refractivity contribution is 9.10. The summed E-state index contributed by atoms with van der Waals surface area (Å²) >= 11 is 23.9. The number of hydrogen-bond acceptors (Lipinski definition) is 9. The average Bonchev–Trinajstić information content (AvgIpc) is 3.49. The van der Waals surface area contributed by atoms with Crippen molar-refractivity contribution in [2.24, 2.45) is 11.5 Å². The largest absolute Gasteiger partial charge is 0.339 e. The zero-order valence-corrected chi connectivity index (χ0v) is 38.2. The van der Waals surface area contributed by atoms with Gasteiger partial charge in [-0.3, -0.25) is 29.4 Å². The number of halogens is 4. The number of rotatable bonds is 6. The van der Waals surface area contributed by atoms with Gasteiger partial charge in [0.1, 0.15) is 0 Å². The molecule has 0 radical (unpaired) electrons. The number of aromatic nitrogens is 2. The Bertz CT molecular complexity index is 1880. The first-order valence-electron chi connectivity index (χ1n) is 20.0. The molecule has 2 aromatic heterocycles. The number of hydrogen-bond donors (Lipinski definition) is 3. The van der Waals surface area contributed by atoms with Crippen molar-refractivity contribution >= 4 is 79.5 Å². The highest BCUT2D eigenvalue weighted by atomic mass is 79.9. The molecule has 2 saturated heterocycles. The van der Waals surface area contributed by atoms with Gasteiger partial charge in [0.25, 0.3) is 0 Å². The Hall–Kier alpha value is -2.59. The molecule has 4 aromatic rings. The van der Waals surface area contributed by atoms with Crippen molar-refractivity contribution in [3.05, 3.63) is 125 Å². The van der Waals surface area contributed by atoms with Gasteiger partial charge in [-0.1, -0.05) is 42.3 Å². The lowest BCUT2D eigenvalue weighted by molar-refractivity contribution is -0.135. The molecule has 0 saturated carbocycles. The topological polar surface area (TPSA) is 125 Å². The van der Waals surface area contributed by atoms with E-state index >= 15 is 0 Å². The van der Waals surface area contributed by atoms with Gasteiger partial charge in [0, 0.05) is 89.5 Å². The van der Waals surface area contributed by atoms with Gasteiger partial charge in [0.05, 0.1) is 35.6 Å². The molecular weight excluding hydrogens is 923 g/mol. The number of piperazine rings is 2. The molecule has 8 rings (SSSR count). The standard InChI is InChI=1S/C22H26BrClN4O.C21H24BrClN4OS/c1-2-19(25)22(29)28-9-7-27(8-10-28)21-18-6-5-17(24)12-14(18)3-4-15-11-16(23)13-26-20(15)21;22-15-9-14-2-1-13-10-16(23)3-4-17(13)20(19(14)25-11-15)26-5-7-27(8-6-26)21(28)18(24)12-29/h5-6,11-13,19,21H,2-4,7-10,25H2,1H3;3-4,9-11,18,20,29H,1-2,5-8,12,24H2/t19-,21?;18-,20?/m00/s1. The minimum Gasteiger partial charge on any atom is -0.339 e. The molecule has 0 bridgehead atoms. The van der Waals surface area contributed by atoms with Crippen LogP contribution in [0.4, 0.5) is 0 Å². The number of thiol groups is 1. The fourth-order valence-electron chi connectivity index (χ4n) is 8.69. The normalized spacial score (nSPS) is 20.6. The predicted molar refractivity (Wildman–Crippen MR) is 242 cm³/mol. The van der Waals surface area contributed by atoms with Gasteiger partial charge in [-0.15, -0.1) is 0 Å². The number of pyridine rings is 2. The molecule has 2 amide bonds. The van der Waals surface area contributed by atoms with Crippen LogP contribution in [0.25, 0.3) is 0 Å². The van der Waals surface area contributed by atoms with Gasteiger partial charge in [0.15, 0.2) is 0 Å². The van der Waals surface area contributed by atoms with Crippen molar-refractivity contribution in [1.82, 2.24) is 29.6 Å². The molecular formula is C43H50Br2Cl2N8O2S. The Morgan fingerprint density at radius 2 is 1.07 bits per heavy atom. The molecule has 15 heteroatoms. The van der Waals surface area contributed by atoms with Gasteiger partial charge < -0.3 is 21.3 Å². The first-order chi connectivity index (χ1) is 27.9. The van der Waals surface area contributed by atoms with E-state index in [4.69, 9.17) is 44.6 Å². The fraction of sp³-hybridized carbons (Fsp3) is 0.442. The molecule has 4 heterocycles. The molecule has 4 aliphatic rings. The van der Waals surface area contributed by atoms with Crippen LogP contribution >= 0.6 is 67.7 Å². The van der Waals surface area contributed by atoms with Crippen LogP contribution in [-0.4, -0.2) is 112 Å². The molecule has 308 valence electrons. The number of fused-ring (bicyclic) bond motifs is 4. The van der Waals surface area contributed by atoms with Crippen molar-refractivity contribution in [2.45, 2.75) is 63.2 Å². The lowest BCUT2D eigenvalue weighted by atomic mass is 9.96. The van der Waals surface area contributed by atoms with Crippen molar-refractivity contribution in [2.75, 3.05) is 58.1 Å². The van der Waals surface area contributed by atoms with E-state index < -0.39 is 12.1 Å². The first-order valence-corrected chi connectivity index (χ1v) is 23.0. The second kappa shape index (κ2) is 19.4. The lowest BCUT2D eigenvalue weighted by Gasteiger charge is -2.40. The molecule has 0 spiro atoms. The highest BCUT2D eigenvalue weighted by Crippen LogP contribution is 2.39. The van der Waals surface area contributed by atoms with E-state index in [1.807, 2.05) is 41.2 Å². The van der Waals surface area contributed by atoms with Crippen LogP contribution in [0.15, 0.2) is 69.9 Å². The summed E-state index contributed by atoms with van der Waals surface area (Å²) in [5.74, 6) is 0.403. The summed E-state index contributed by atoms with van der Waals surface area (Å²) in [6.45, 7) is 7.79. The maximum Gasteiger partial charge on any atom is 0.240 e. The minimum atomic E-state index is -0.537. The maximum atomic E-state index is 12.5. The monoisotopic (exact) mass is 970 g/mol. The van der Waals surface area contributed by atoms with Crippen LogP contribution in [0.1, 0.15) is 70.2 Å². The van der Waals surface area contributed by atoms with Crippen LogP contribution in [-0.2, 0) is 35.3 Å². The molecule has 2 aliphatic carbocycles. The third kappa shape index (κ3) is 9.63. The van der Waals surface area contributed by atoms with E-state index in [-0.39, 0.29) is 23.9 Å². The lowest BCUT2D eigenvalue weighted by Crippen LogP contribution is -2.54. The molecule has 4 N–H and O–H groups in total. The Kier molecular flexibility index (Phi) is 14.6. The molecule has 4 atom stereocenters. The summed E-state index contributed by atoms with van der Waals surface area (Å²) in [7, 11) is 0. The van der Waals surface area contributed by atoms with Crippen molar-refractivity contribution in [3.8, 4) is 0 Å². The van der Waals surface area contributed by atoms with E-state index in [2.05, 4.69) is 90.7 Å². The smallest absolute Gasteiger partial charge is 0.240 e. The zero-order valence-electron chi connectivity index (χ0n) is 32.6. The number of nitrogens with zero attached hydrogens (tertiary/aromatic N) is 6. The average molecular weight is 974 g/mol. The summed E-state index contributed by atoms with van der Waals surface area (Å²) < 4.78 is 2.00. The predicted octanol–water partition coefficient (Wildman–Crippen LogP) is 6.65. The van der Waals surface area contributed by atoms with Crippen LogP contribution in [0, 0.1) is 0 Å². The van der Waals surface area contributed by atoms with Crippen molar-refractivity contribution in [1.29, 1.82) is 0 Å². The summed E-state index contributed by atoms with van der Waals surface area (Å²) in [5, 5.41) is 1.53. The Labute approximate surface area is 373 Å². The Morgan fingerprint density at radius 1 is 0.672 bits per heavy atom. The van der Waals surface area contributed by atoms with E-state index in [0.29, 0.717) is 38.4 Å². The number of nitrogens with two attached hydrogens (primary N) is 2. The summed E-state index contributed by atoms with van der Waals surface area (Å²) in [6.07, 6.45) is 8.18. The van der Waals surface area contributed by atoms with Crippen LogP contribution in [0.2, 0.25) is 10.0 Å². The van der Waals surface area contributed by atoms with Gasteiger partial charge in [-0.2, -0.15) is 12.6 Å². The van der Waals surface area contributed by atoms with Gasteiger partial charge in [-0.05, 0) is 134 Å². The number of aryl methyl sites for hydroxylation is 4. The van der Waals surface area contributed by atoms with Gasteiger partial charge in [0.2, 0.25) is 11.8 Å². The van der Waals surface area contributed by atoms with Gasteiger partial charge >= 0.3 is 0 Å². The summed E-state index contributed by atoms with van der Waals surface area (Å²) in [6, 6.07) is 15.9. The molecule has 10 nitrogen and oxygen atoms in total. The van der Waals surface area contributed by atoms with Crippen LogP contribution in [0.5, 0.6) is 0 Å². The molecule has 2 fully saturated rings. The van der Waals surface area contributed by atoms with Crippen LogP contribution in [0.3, 0.4) is 0 Å². The number of amides is 2. The Morgan fingerprint density at radius 3 is 1.47 bits per heavy atom. The van der Waals surface area contributed by atoms with Crippen molar-refractivity contribution < 1.29 is 9.59 Å². The van der Waals surface area contributed by atoms with Crippen molar-refractivity contribution in [3.63, 3.8) is 0 Å². The fourth-order valence-corrected chi connectivity index (χ4v) is 9.99. The van der Waals surface area contributed by atoms with E-state index in [9.17, 15) is 9.59 Å². The summed E-state index contributed by atoms with van der Waals surface area (Å²) in [5.41, 5.74) is 21.7. The van der Waals surface area contributed by atoms with Crippen LogP contribution < -0.4 is 11.5 Å². The maximum absolute atomic E-state index is 12.5. The number of benzene rings is 2.